The van der Waals surface area contributed by atoms with Gasteiger partial charge in [0, 0.05) is 44.6 Å². The standard InChI is InChI=1S/C31H36F3N6O5P/c1-5-44-46(45-6-2)18-19-9-11-23(25(15-19)43-4)37-30-35-16-22(31(32,33)34)27(38-30)36-24-12-10-20(28(41)40-13-7-8-14-40)21-17-39(3)29(42)26(21)24/h9-12,15-16H,5-8,13-14,17-18H2,1-4H3,(H2,35,36,37,38). The van der Waals surface area contributed by atoms with Crippen molar-refractivity contribution in [3.05, 3.63) is 64.3 Å². The molecule has 2 N–H and O–H groups in total. The molecule has 1 fully saturated rings. The highest BCUT2D eigenvalue weighted by atomic mass is 31.2. The molecule has 2 aliphatic heterocycles. The van der Waals surface area contributed by atoms with Gasteiger partial charge in [-0.2, -0.15) is 18.2 Å². The first-order valence-corrected chi connectivity index (χ1v) is 16.3. The molecular formula is C31H36F3N6O5P. The lowest BCUT2D eigenvalue weighted by atomic mass is 10.00. The molecule has 3 aromatic rings. The molecule has 0 spiro atoms. The van der Waals surface area contributed by atoms with E-state index in [4.69, 9.17) is 13.8 Å². The number of alkyl halides is 3. The highest BCUT2D eigenvalue weighted by Crippen LogP contribution is 2.43. The summed E-state index contributed by atoms with van der Waals surface area (Å²) in [6.45, 7) is 6.22. The van der Waals surface area contributed by atoms with Crippen LogP contribution in [-0.4, -0.2) is 72.0 Å². The van der Waals surface area contributed by atoms with Crippen LogP contribution in [0.2, 0.25) is 0 Å². The van der Waals surface area contributed by atoms with E-state index in [1.54, 1.807) is 30.1 Å². The quantitative estimate of drug-likeness (QED) is 0.205. The molecule has 11 nitrogen and oxygen atoms in total. The third-order valence-electron chi connectivity index (χ3n) is 7.61. The number of benzene rings is 2. The van der Waals surface area contributed by atoms with Crippen molar-refractivity contribution < 1.29 is 36.5 Å². The van der Waals surface area contributed by atoms with Gasteiger partial charge in [0.25, 0.3) is 11.8 Å². The van der Waals surface area contributed by atoms with E-state index >= 15 is 0 Å². The normalized spacial score (nSPS) is 14.7. The minimum atomic E-state index is -4.80. The van der Waals surface area contributed by atoms with Crippen LogP contribution in [0.25, 0.3) is 0 Å². The Bertz CT molecular complexity index is 1600. The number of aromatic nitrogens is 2. The predicted molar refractivity (Wildman–Crippen MR) is 168 cm³/mol. The zero-order chi connectivity index (χ0) is 33.0. The second-order valence-electron chi connectivity index (χ2n) is 10.7. The number of hydrogen-bond acceptors (Lipinski definition) is 9. The molecule has 2 amide bonds. The number of ether oxygens (including phenoxy) is 1. The van der Waals surface area contributed by atoms with Crippen LogP contribution in [0, 0.1) is 0 Å². The Morgan fingerprint density at radius 1 is 1.04 bits per heavy atom. The van der Waals surface area contributed by atoms with Crippen molar-refractivity contribution in [2.75, 3.05) is 51.1 Å². The van der Waals surface area contributed by atoms with Crippen molar-refractivity contribution in [1.29, 1.82) is 0 Å². The SMILES string of the molecule is CCOP(Cc1ccc(Nc2ncc(C(F)(F)F)c(Nc3ccc(C(=O)N4CCCC4)c4c3C(=O)N(C)C4)n2)c(OC)c1)OCC. The summed E-state index contributed by atoms with van der Waals surface area (Å²) in [7, 11) is 1.92. The van der Waals surface area contributed by atoms with Gasteiger partial charge in [0.1, 0.15) is 17.1 Å². The van der Waals surface area contributed by atoms with E-state index in [2.05, 4.69) is 20.6 Å². The van der Waals surface area contributed by atoms with Crippen molar-refractivity contribution in [1.82, 2.24) is 19.8 Å². The maximum Gasteiger partial charge on any atom is 0.421 e. The molecule has 2 aliphatic rings. The van der Waals surface area contributed by atoms with Crippen LogP contribution in [0.3, 0.4) is 0 Å². The lowest BCUT2D eigenvalue weighted by Gasteiger charge is -2.19. The number of likely N-dealkylation sites (tertiary alicyclic amines) is 1. The minimum Gasteiger partial charge on any atom is -0.495 e. The van der Waals surface area contributed by atoms with Crippen molar-refractivity contribution in [3.8, 4) is 5.75 Å². The molecule has 5 rings (SSSR count). The smallest absolute Gasteiger partial charge is 0.421 e. The zero-order valence-electron chi connectivity index (χ0n) is 26.0. The Balaban J connectivity index is 1.46. The summed E-state index contributed by atoms with van der Waals surface area (Å²) in [5.74, 6) is -0.865. The van der Waals surface area contributed by atoms with Gasteiger partial charge in [0.05, 0.1) is 37.3 Å². The van der Waals surface area contributed by atoms with Gasteiger partial charge in [0.15, 0.2) is 8.38 Å². The van der Waals surface area contributed by atoms with E-state index in [0.717, 1.165) is 18.4 Å². The maximum absolute atomic E-state index is 14.1. The van der Waals surface area contributed by atoms with Crippen molar-refractivity contribution in [2.45, 2.75) is 45.6 Å². The average molecular weight is 661 g/mol. The Kier molecular flexibility index (Phi) is 10.3. The van der Waals surface area contributed by atoms with Crippen molar-refractivity contribution in [2.24, 2.45) is 0 Å². The number of rotatable bonds is 12. The molecule has 2 aromatic carbocycles. The van der Waals surface area contributed by atoms with Gasteiger partial charge in [-0.15, -0.1) is 0 Å². The molecule has 46 heavy (non-hydrogen) atoms. The van der Waals surface area contributed by atoms with Crippen LogP contribution in [-0.2, 0) is 27.9 Å². The molecule has 0 aliphatic carbocycles. The number of anilines is 4. The van der Waals surface area contributed by atoms with Gasteiger partial charge in [-0.25, -0.2) is 4.98 Å². The third kappa shape index (κ3) is 7.19. The summed E-state index contributed by atoms with van der Waals surface area (Å²) in [4.78, 5) is 37.7. The van der Waals surface area contributed by atoms with Crippen LogP contribution < -0.4 is 15.4 Å². The number of carbonyl (C=O) groups is 2. The first-order valence-electron chi connectivity index (χ1n) is 14.9. The minimum absolute atomic E-state index is 0.111. The van der Waals surface area contributed by atoms with Gasteiger partial charge >= 0.3 is 6.18 Å². The monoisotopic (exact) mass is 660 g/mol. The van der Waals surface area contributed by atoms with Crippen LogP contribution in [0.5, 0.6) is 5.75 Å². The first-order chi connectivity index (χ1) is 22.0. The van der Waals surface area contributed by atoms with Crippen molar-refractivity contribution >= 4 is 43.3 Å². The zero-order valence-corrected chi connectivity index (χ0v) is 26.9. The predicted octanol–water partition coefficient (Wildman–Crippen LogP) is 6.70. The van der Waals surface area contributed by atoms with Gasteiger partial charge < -0.3 is 34.2 Å². The Hall–Kier alpha value is -4.00. The van der Waals surface area contributed by atoms with Gasteiger partial charge in [-0.3, -0.25) is 9.59 Å². The van der Waals surface area contributed by atoms with Crippen LogP contribution >= 0.6 is 8.38 Å². The molecule has 0 atom stereocenters. The molecule has 0 bridgehead atoms. The Labute approximate surface area is 266 Å². The van der Waals surface area contributed by atoms with E-state index in [-0.39, 0.29) is 29.7 Å². The Morgan fingerprint density at radius 2 is 1.74 bits per heavy atom. The average Bonchev–Trinajstić information content (AvgIpc) is 3.66. The third-order valence-corrected chi connectivity index (χ3v) is 9.33. The van der Waals surface area contributed by atoms with Gasteiger partial charge in [0.2, 0.25) is 5.95 Å². The number of halogens is 3. The number of nitrogens with one attached hydrogen (secondary N) is 2. The summed E-state index contributed by atoms with van der Waals surface area (Å²) in [6.07, 6.45) is -1.80. The van der Waals surface area contributed by atoms with E-state index in [0.29, 0.717) is 61.2 Å². The lowest BCUT2D eigenvalue weighted by Crippen LogP contribution is -2.28. The maximum atomic E-state index is 14.1. The lowest BCUT2D eigenvalue weighted by molar-refractivity contribution is -0.137. The van der Waals surface area contributed by atoms with Crippen LogP contribution in [0.1, 0.15) is 64.1 Å². The number of carbonyl (C=O) groups excluding carboxylic acids is 2. The number of nitrogens with zero attached hydrogens (tertiary/aromatic N) is 4. The molecule has 3 heterocycles. The number of hydrogen-bond donors (Lipinski definition) is 2. The van der Waals surface area contributed by atoms with E-state index in [1.807, 2.05) is 19.9 Å². The van der Waals surface area contributed by atoms with Crippen LogP contribution in [0.4, 0.5) is 36.3 Å². The largest absolute Gasteiger partial charge is 0.495 e. The van der Waals surface area contributed by atoms with E-state index < -0.39 is 31.8 Å². The molecule has 1 aromatic heterocycles. The second kappa shape index (κ2) is 14.2. The molecule has 0 unspecified atom stereocenters. The highest BCUT2D eigenvalue weighted by molar-refractivity contribution is 7.46. The van der Waals surface area contributed by atoms with Crippen molar-refractivity contribution in [3.63, 3.8) is 0 Å². The molecule has 246 valence electrons. The first kappa shape index (κ1) is 33.4. The summed E-state index contributed by atoms with van der Waals surface area (Å²) in [5.41, 5.74) is 1.29. The summed E-state index contributed by atoms with van der Waals surface area (Å²) < 4.78 is 59.3. The molecular weight excluding hydrogens is 624 g/mol. The highest BCUT2D eigenvalue weighted by Gasteiger charge is 2.37. The fourth-order valence-corrected chi connectivity index (χ4v) is 6.77. The summed E-state index contributed by atoms with van der Waals surface area (Å²) in [5, 5.41) is 5.68. The summed E-state index contributed by atoms with van der Waals surface area (Å²) in [6, 6.07) is 8.34. The number of amides is 2. The van der Waals surface area contributed by atoms with E-state index in [1.165, 1.54) is 18.1 Å². The van der Waals surface area contributed by atoms with Gasteiger partial charge in [-0.05, 0) is 62.1 Å². The molecule has 0 saturated carbocycles. The van der Waals surface area contributed by atoms with E-state index in [9.17, 15) is 22.8 Å². The second-order valence-corrected chi connectivity index (χ2v) is 12.2. The molecule has 15 heteroatoms. The Morgan fingerprint density at radius 3 is 2.39 bits per heavy atom. The number of methoxy groups -OCH3 is 1. The summed E-state index contributed by atoms with van der Waals surface area (Å²) >= 11 is 0. The molecule has 0 radical (unpaired) electrons. The van der Waals surface area contributed by atoms with Crippen LogP contribution in [0.15, 0.2) is 36.5 Å². The van der Waals surface area contributed by atoms with Gasteiger partial charge in [-0.1, -0.05) is 6.07 Å². The topological polar surface area (TPSA) is 118 Å². The fraction of sp³-hybridized carbons (Fsp3) is 0.419. The fourth-order valence-electron chi connectivity index (χ4n) is 5.45. The number of fused-ring (bicyclic) bond motifs is 1. The molecule has 1 saturated heterocycles.